The third kappa shape index (κ3) is 3.18. The van der Waals surface area contributed by atoms with E-state index in [1.54, 1.807) is 0 Å². The van der Waals surface area contributed by atoms with Gasteiger partial charge in [-0.05, 0) is 53.0 Å². The average Bonchev–Trinajstić information content (AvgIpc) is 2.85. The summed E-state index contributed by atoms with van der Waals surface area (Å²) in [6.45, 7) is 10.9. The number of carbonyl (C=O) groups excluding carboxylic acids is 1. The van der Waals surface area contributed by atoms with Crippen LogP contribution >= 0.6 is 11.3 Å². The summed E-state index contributed by atoms with van der Waals surface area (Å²) in [4.78, 5) is 13.1. The standard InChI is InChI=1S/C18H22OS/c1-12-9-14(18(3,4)5)10-13(2)15(12)11-16(19)17-7-6-8-20-17/h6-10H,11H2,1-5H3. The topological polar surface area (TPSA) is 17.1 Å². The van der Waals surface area contributed by atoms with Crippen LogP contribution in [0.4, 0.5) is 0 Å². The first-order valence-corrected chi connectivity index (χ1v) is 7.84. The van der Waals surface area contributed by atoms with E-state index in [1.807, 2.05) is 17.5 Å². The van der Waals surface area contributed by atoms with E-state index in [-0.39, 0.29) is 11.2 Å². The third-order valence-corrected chi connectivity index (χ3v) is 4.61. The first-order chi connectivity index (χ1) is 9.29. The van der Waals surface area contributed by atoms with Gasteiger partial charge in [0.1, 0.15) is 0 Å². The molecule has 1 nitrogen and oxygen atoms in total. The first kappa shape index (κ1) is 15.0. The molecule has 0 spiro atoms. The molecule has 0 aliphatic heterocycles. The van der Waals surface area contributed by atoms with Gasteiger partial charge in [0.15, 0.2) is 5.78 Å². The van der Waals surface area contributed by atoms with E-state index in [2.05, 4.69) is 46.8 Å². The molecule has 2 aromatic rings. The van der Waals surface area contributed by atoms with E-state index < -0.39 is 0 Å². The Bertz CT molecular complexity index is 592. The van der Waals surface area contributed by atoms with E-state index in [0.29, 0.717) is 6.42 Å². The molecule has 0 amide bonds. The molecule has 0 saturated carbocycles. The van der Waals surface area contributed by atoms with Crippen LogP contribution in [0.1, 0.15) is 52.7 Å². The minimum Gasteiger partial charge on any atom is -0.293 e. The van der Waals surface area contributed by atoms with Crippen molar-refractivity contribution in [1.29, 1.82) is 0 Å². The van der Waals surface area contributed by atoms with Crippen molar-refractivity contribution < 1.29 is 4.79 Å². The predicted octanol–water partition coefficient (Wildman–Crippen LogP) is 5.09. The lowest BCUT2D eigenvalue weighted by Gasteiger charge is -2.22. The summed E-state index contributed by atoms with van der Waals surface area (Å²) in [6, 6.07) is 8.29. The summed E-state index contributed by atoms with van der Waals surface area (Å²) in [7, 11) is 0. The lowest BCUT2D eigenvalue weighted by Crippen LogP contribution is -2.13. The van der Waals surface area contributed by atoms with Crippen LogP contribution in [0.3, 0.4) is 0 Å². The fourth-order valence-corrected chi connectivity index (χ4v) is 3.05. The Hall–Kier alpha value is -1.41. The minimum atomic E-state index is 0.145. The average molecular weight is 286 g/mol. The van der Waals surface area contributed by atoms with Gasteiger partial charge in [0.05, 0.1) is 4.88 Å². The SMILES string of the molecule is Cc1cc(C(C)(C)C)cc(C)c1CC(=O)c1cccs1. The second-order valence-corrected chi connectivity index (χ2v) is 7.36. The number of rotatable bonds is 3. The van der Waals surface area contributed by atoms with Crippen LogP contribution < -0.4 is 0 Å². The van der Waals surface area contributed by atoms with Crippen molar-refractivity contribution in [2.45, 2.75) is 46.5 Å². The summed E-state index contributed by atoms with van der Waals surface area (Å²) < 4.78 is 0. The largest absolute Gasteiger partial charge is 0.293 e. The van der Waals surface area contributed by atoms with Gasteiger partial charge in [0.2, 0.25) is 0 Å². The summed E-state index contributed by atoms with van der Waals surface area (Å²) in [5, 5.41) is 1.95. The zero-order valence-electron chi connectivity index (χ0n) is 12.9. The van der Waals surface area contributed by atoms with Gasteiger partial charge in [0.25, 0.3) is 0 Å². The van der Waals surface area contributed by atoms with Crippen molar-refractivity contribution in [2.75, 3.05) is 0 Å². The fourth-order valence-electron chi connectivity index (χ4n) is 2.39. The van der Waals surface area contributed by atoms with Crippen molar-refractivity contribution in [1.82, 2.24) is 0 Å². The Morgan fingerprint density at radius 2 is 1.75 bits per heavy atom. The number of ketones is 1. The van der Waals surface area contributed by atoms with Crippen LogP contribution in [0.25, 0.3) is 0 Å². The summed E-state index contributed by atoms with van der Waals surface area (Å²) >= 11 is 1.52. The molecule has 0 fully saturated rings. The number of Topliss-reactive ketones (excluding diaryl/α,β-unsaturated/α-hetero) is 1. The van der Waals surface area contributed by atoms with E-state index in [9.17, 15) is 4.79 Å². The smallest absolute Gasteiger partial charge is 0.177 e. The molecule has 1 aromatic heterocycles. The number of hydrogen-bond acceptors (Lipinski definition) is 2. The van der Waals surface area contributed by atoms with Gasteiger partial charge in [-0.1, -0.05) is 39.0 Å². The van der Waals surface area contributed by atoms with Gasteiger partial charge in [-0.25, -0.2) is 0 Å². The molecule has 0 aliphatic rings. The summed E-state index contributed by atoms with van der Waals surface area (Å²) in [5.41, 5.74) is 5.10. The van der Waals surface area contributed by atoms with Crippen LogP contribution in [0, 0.1) is 13.8 Å². The van der Waals surface area contributed by atoms with Crippen molar-refractivity contribution in [3.63, 3.8) is 0 Å². The molecule has 0 aliphatic carbocycles. The van der Waals surface area contributed by atoms with Crippen molar-refractivity contribution in [3.05, 3.63) is 56.8 Å². The highest BCUT2D eigenvalue weighted by Gasteiger charge is 2.18. The lowest BCUT2D eigenvalue weighted by molar-refractivity contribution is 0.0996. The van der Waals surface area contributed by atoms with Crippen molar-refractivity contribution in [3.8, 4) is 0 Å². The Morgan fingerprint density at radius 1 is 1.15 bits per heavy atom. The van der Waals surface area contributed by atoms with Gasteiger partial charge in [0, 0.05) is 6.42 Å². The second kappa shape index (κ2) is 5.53. The number of carbonyl (C=O) groups is 1. The van der Waals surface area contributed by atoms with Crippen LogP contribution in [-0.4, -0.2) is 5.78 Å². The summed E-state index contributed by atoms with van der Waals surface area (Å²) in [6.07, 6.45) is 0.503. The van der Waals surface area contributed by atoms with Crippen LogP contribution in [0.15, 0.2) is 29.6 Å². The maximum Gasteiger partial charge on any atom is 0.177 e. The highest BCUT2D eigenvalue weighted by Crippen LogP contribution is 2.27. The zero-order valence-corrected chi connectivity index (χ0v) is 13.7. The molecular formula is C18H22OS. The van der Waals surface area contributed by atoms with Crippen molar-refractivity contribution >= 4 is 17.1 Å². The fraction of sp³-hybridized carbons (Fsp3) is 0.389. The van der Waals surface area contributed by atoms with Gasteiger partial charge < -0.3 is 0 Å². The van der Waals surface area contributed by atoms with E-state index >= 15 is 0 Å². The number of thiophene rings is 1. The van der Waals surface area contributed by atoms with Crippen LogP contribution in [-0.2, 0) is 11.8 Å². The second-order valence-electron chi connectivity index (χ2n) is 6.42. The third-order valence-electron chi connectivity index (χ3n) is 3.70. The Morgan fingerprint density at radius 3 is 2.20 bits per heavy atom. The monoisotopic (exact) mass is 286 g/mol. The first-order valence-electron chi connectivity index (χ1n) is 6.96. The molecule has 2 heteroatoms. The van der Waals surface area contributed by atoms with Gasteiger partial charge in [-0.15, -0.1) is 11.3 Å². The van der Waals surface area contributed by atoms with E-state index in [1.165, 1.54) is 33.6 Å². The molecule has 0 atom stereocenters. The molecule has 0 bridgehead atoms. The molecule has 1 aromatic carbocycles. The van der Waals surface area contributed by atoms with E-state index in [4.69, 9.17) is 0 Å². The molecular weight excluding hydrogens is 264 g/mol. The van der Waals surface area contributed by atoms with Gasteiger partial charge in [-0.3, -0.25) is 4.79 Å². The molecule has 1 heterocycles. The number of aryl methyl sites for hydroxylation is 2. The zero-order chi connectivity index (χ0) is 14.9. The van der Waals surface area contributed by atoms with Gasteiger partial charge >= 0.3 is 0 Å². The minimum absolute atomic E-state index is 0.145. The predicted molar refractivity (Wildman–Crippen MR) is 87.0 cm³/mol. The highest BCUT2D eigenvalue weighted by atomic mass is 32.1. The van der Waals surface area contributed by atoms with Crippen molar-refractivity contribution in [2.24, 2.45) is 0 Å². The maximum atomic E-state index is 12.3. The molecule has 0 saturated heterocycles. The van der Waals surface area contributed by atoms with E-state index in [0.717, 1.165) is 4.88 Å². The maximum absolute atomic E-state index is 12.3. The van der Waals surface area contributed by atoms with Crippen LogP contribution in [0.5, 0.6) is 0 Å². The Labute approximate surface area is 125 Å². The molecule has 0 N–H and O–H groups in total. The summed E-state index contributed by atoms with van der Waals surface area (Å²) in [5.74, 6) is 0.217. The number of benzene rings is 1. The lowest BCUT2D eigenvalue weighted by atomic mass is 9.83. The number of hydrogen-bond donors (Lipinski definition) is 0. The quantitative estimate of drug-likeness (QED) is 0.718. The normalized spacial score (nSPS) is 11.7. The highest BCUT2D eigenvalue weighted by molar-refractivity contribution is 7.12. The molecule has 106 valence electrons. The molecule has 2 rings (SSSR count). The molecule has 0 unspecified atom stereocenters. The van der Waals surface area contributed by atoms with Gasteiger partial charge in [-0.2, -0.15) is 0 Å². The molecule has 20 heavy (non-hydrogen) atoms. The Balaban J connectivity index is 2.32. The Kier molecular flexibility index (Phi) is 4.14. The van der Waals surface area contributed by atoms with Crippen LogP contribution in [0.2, 0.25) is 0 Å². The molecule has 0 radical (unpaired) electrons.